The highest BCUT2D eigenvalue weighted by Gasteiger charge is 2.33. The molecule has 1 N–H and O–H groups in total. The van der Waals surface area contributed by atoms with Crippen LogP contribution >= 0.6 is 0 Å². The summed E-state index contributed by atoms with van der Waals surface area (Å²) in [6, 6.07) is 19.6. The minimum Gasteiger partial charge on any atom is -0.497 e. The molecule has 9 nitrogen and oxygen atoms in total. The van der Waals surface area contributed by atoms with Gasteiger partial charge < -0.3 is 19.7 Å². The summed E-state index contributed by atoms with van der Waals surface area (Å²) in [4.78, 5) is 29.2. The molecule has 1 saturated carbocycles. The summed E-state index contributed by atoms with van der Waals surface area (Å²) < 4.78 is 40.1. The van der Waals surface area contributed by atoms with Crippen molar-refractivity contribution >= 4 is 27.5 Å². The van der Waals surface area contributed by atoms with Gasteiger partial charge in [-0.25, -0.2) is 8.42 Å². The molecule has 0 spiro atoms. The van der Waals surface area contributed by atoms with E-state index in [2.05, 4.69) is 5.32 Å². The number of hydrogen-bond donors (Lipinski definition) is 1. The second-order valence-corrected chi connectivity index (χ2v) is 13.0. The molecule has 1 atom stereocenters. The third kappa shape index (κ3) is 8.31. The fraction of sp³-hybridized carbons (Fsp3) is 0.412. The maximum Gasteiger partial charge on any atom is 0.264 e. The van der Waals surface area contributed by atoms with Crippen molar-refractivity contribution in [2.45, 2.75) is 76.4 Å². The average Bonchev–Trinajstić information content (AvgIpc) is 3.03. The number of ether oxygens (including phenoxy) is 2. The number of nitrogens with one attached hydrogen (secondary N) is 1. The number of carbonyl (C=O) groups is 2. The Hall–Kier alpha value is -4.05. The van der Waals surface area contributed by atoms with E-state index in [9.17, 15) is 18.0 Å². The van der Waals surface area contributed by atoms with Gasteiger partial charge in [0, 0.05) is 12.6 Å². The summed E-state index contributed by atoms with van der Waals surface area (Å²) in [6.45, 7) is 5.48. The van der Waals surface area contributed by atoms with Crippen LogP contribution in [0.2, 0.25) is 0 Å². The normalized spacial score (nSPS) is 14.4. The fourth-order valence-corrected chi connectivity index (χ4v) is 6.77. The third-order valence-electron chi connectivity index (χ3n) is 7.93. The number of nitrogens with zero attached hydrogens (tertiary/aromatic N) is 2. The lowest BCUT2D eigenvalue weighted by Gasteiger charge is -2.33. The highest BCUT2D eigenvalue weighted by Crippen LogP contribution is 2.27. The van der Waals surface area contributed by atoms with Crippen LogP contribution in [0, 0.1) is 6.92 Å². The molecular weight excluding hydrogens is 578 g/mol. The molecule has 10 heteroatoms. The molecule has 4 rings (SSSR count). The maximum atomic E-state index is 14.2. The lowest BCUT2D eigenvalue weighted by atomic mass is 9.95. The number of methoxy groups -OCH3 is 1. The van der Waals surface area contributed by atoms with Crippen molar-refractivity contribution in [3.63, 3.8) is 0 Å². The minimum absolute atomic E-state index is 0.0622. The average molecular weight is 622 g/mol. The van der Waals surface area contributed by atoms with Gasteiger partial charge in [-0.1, -0.05) is 49.1 Å². The van der Waals surface area contributed by atoms with Gasteiger partial charge in [0.05, 0.1) is 24.3 Å². The predicted octanol–water partition coefficient (Wildman–Crippen LogP) is 5.46. The molecule has 1 fully saturated rings. The fourth-order valence-electron chi connectivity index (χ4n) is 5.36. The standard InChI is InChI=1S/C34H43N3O6S/c1-5-43-30-18-16-29(17-19-30)37(44(40,41)32-20-14-25(2)15-21-32)24-33(38)36(23-27-10-9-13-31(22-27)42-4)26(3)34(39)35-28-11-7-6-8-12-28/h9-10,13-22,26,28H,5-8,11-12,23-24H2,1-4H3,(H,35,39)/t26-/m1/s1. The molecule has 0 saturated heterocycles. The van der Waals surface area contributed by atoms with Gasteiger partial charge in [-0.05, 0) is 87.7 Å². The zero-order valence-corrected chi connectivity index (χ0v) is 26.8. The second-order valence-electron chi connectivity index (χ2n) is 11.1. The summed E-state index contributed by atoms with van der Waals surface area (Å²) in [5.41, 5.74) is 1.97. The molecule has 0 radical (unpaired) electrons. The molecule has 3 aromatic rings. The third-order valence-corrected chi connectivity index (χ3v) is 9.72. The van der Waals surface area contributed by atoms with E-state index in [4.69, 9.17) is 9.47 Å². The van der Waals surface area contributed by atoms with E-state index in [1.54, 1.807) is 62.6 Å². The number of sulfonamides is 1. The van der Waals surface area contributed by atoms with Gasteiger partial charge >= 0.3 is 0 Å². The summed E-state index contributed by atoms with van der Waals surface area (Å²) in [5, 5.41) is 3.12. The Morgan fingerprint density at radius 3 is 2.27 bits per heavy atom. The van der Waals surface area contributed by atoms with E-state index < -0.39 is 28.5 Å². The van der Waals surface area contributed by atoms with Gasteiger partial charge in [0.2, 0.25) is 11.8 Å². The van der Waals surface area contributed by atoms with Crippen molar-refractivity contribution < 1.29 is 27.5 Å². The molecular formula is C34H43N3O6S. The van der Waals surface area contributed by atoms with Crippen LogP contribution in [0.15, 0.2) is 77.7 Å². The van der Waals surface area contributed by atoms with Crippen molar-refractivity contribution in [1.29, 1.82) is 0 Å². The molecule has 236 valence electrons. The molecule has 2 amide bonds. The molecule has 1 aliphatic carbocycles. The van der Waals surface area contributed by atoms with Gasteiger partial charge in [-0.2, -0.15) is 0 Å². The number of benzene rings is 3. The predicted molar refractivity (Wildman–Crippen MR) is 171 cm³/mol. The van der Waals surface area contributed by atoms with E-state index >= 15 is 0 Å². The molecule has 0 bridgehead atoms. The monoisotopic (exact) mass is 621 g/mol. The molecule has 0 unspecified atom stereocenters. The van der Waals surface area contributed by atoms with E-state index in [-0.39, 0.29) is 23.4 Å². The summed E-state index contributed by atoms with van der Waals surface area (Å²) in [7, 11) is -2.59. The van der Waals surface area contributed by atoms with Crippen molar-refractivity contribution in [3.8, 4) is 11.5 Å². The Morgan fingerprint density at radius 1 is 0.955 bits per heavy atom. The number of carbonyl (C=O) groups excluding carboxylic acids is 2. The number of amides is 2. The van der Waals surface area contributed by atoms with Gasteiger partial charge in [-0.3, -0.25) is 13.9 Å². The first kappa shape index (κ1) is 32.9. The number of anilines is 1. The summed E-state index contributed by atoms with van der Waals surface area (Å²) in [5.74, 6) is 0.431. The van der Waals surface area contributed by atoms with Crippen LogP contribution in [-0.2, 0) is 26.2 Å². The van der Waals surface area contributed by atoms with Crippen molar-refractivity contribution in [1.82, 2.24) is 10.2 Å². The van der Waals surface area contributed by atoms with Crippen molar-refractivity contribution in [3.05, 3.63) is 83.9 Å². The lowest BCUT2D eigenvalue weighted by molar-refractivity contribution is -0.139. The first-order valence-corrected chi connectivity index (χ1v) is 16.6. The highest BCUT2D eigenvalue weighted by molar-refractivity contribution is 7.92. The molecule has 44 heavy (non-hydrogen) atoms. The van der Waals surface area contributed by atoms with Gasteiger partial charge in [-0.15, -0.1) is 0 Å². The zero-order chi connectivity index (χ0) is 31.7. The van der Waals surface area contributed by atoms with E-state index in [0.29, 0.717) is 23.8 Å². The SMILES string of the molecule is CCOc1ccc(N(CC(=O)N(Cc2cccc(OC)c2)[C@H](C)C(=O)NC2CCCCC2)S(=O)(=O)c2ccc(C)cc2)cc1. The van der Waals surface area contributed by atoms with Crippen LogP contribution in [0.5, 0.6) is 11.5 Å². The second kappa shape index (κ2) is 15.1. The Kier molecular flexibility index (Phi) is 11.3. The van der Waals surface area contributed by atoms with Crippen molar-refractivity contribution in [2.24, 2.45) is 0 Å². The molecule has 3 aromatic carbocycles. The van der Waals surface area contributed by atoms with Crippen LogP contribution in [0.4, 0.5) is 5.69 Å². The molecule has 0 heterocycles. The zero-order valence-electron chi connectivity index (χ0n) is 26.0. The van der Waals surface area contributed by atoms with Gasteiger partial charge in [0.1, 0.15) is 24.1 Å². The molecule has 0 aromatic heterocycles. The summed E-state index contributed by atoms with van der Waals surface area (Å²) in [6.07, 6.45) is 5.07. The van der Waals surface area contributed by atoms with Gasteiger partial charge in [0.15, 0.2) is 0 Å². The quantitative estimate of drug-likeness (QED) is 0.272. The Labute approximate surface area is 261 Å². The van der Waals surface area contributed by atoms with Crippen LogP contribution in [-0.4, -0.2) is 57.5 Å². The maximum absolute atomic E-state index is 14.2. The van der Waals surface area contributed by atoms with Crippen LogP contribution in [0.3, 0.4) is 0 Å². The lowest BCUT2D eigenvalue weighted by Crippen LogP contribution is -2.53. The van der Waals surface area contributed by atoms with Crippen LogP contribution in [0.1, 0.15) is 57.1 Å². The Balaban J connectivity index is 1.69. The first-order valence-electron chi connectivity index (χ1n) is 15.2. The number of rotatable bonds is 13. The topological polar surface area (TPSA) is 105 Å². The molecule has 1 aliphatic rings. The van der Waals surface area contributed by atoms with E-state index in [1.165, 1.54) is 17.0 Å². The highest BCUT2D eigenvalue weighted by atomic mass is 32.2. The van der Waals surface area contributed by atoms with E-state index in [1.807, 2.05) is 26.0 Å². The minimum atomic E-state index is -4.15. The van der Waals surface area contributed by atoms with Crippen LogP contribution < -0.4 is 19.1 Å². The van der Waals surface area contributed by atoms with Gasteiger partial charge in [0.25, 0.3) is 10.0 Å². The van der Waals surface area contributed by atoms with Crippen LogP contribution in [0.25, 0.3) is 0 Å². The number of hydrogen-bond acceptors (Lipinski definition) is 6. The summed E-state index contributed by atoms with van der Waals surface area (Å²) >= 11 is 0. The molecule has 0 aliphatic heterocycles. The Morgan fingerprint density at radius 2 is 1.64 bits per heavy atom. The largest absolute Gasteiger partial charge is 0.497 e. The first-order chi connectivity index (χ1) is 21.1. The smallest absolute Gasteiger partial charge is 0.264 e. The number of aryl methyl sites for hydroxylation is 1. The van der Waals surface area contributed by atoms with Crippen molar-refractivity contribution in [2.75, 3.05) is 24.6 Å². The Bertz CT molecular complexity index is 1500. The van der Waals surface area contributed by atoms with E-state index in [0.717, 1.165) is 47.5 Å².